The van der Waals surface area contributed by atoms with Crippen LogP contribution in [0, 0.1) is 0 Å². The summed E-state index contributed by atoms with van der Waals surface area (Å²) in [6.07, 6.45) is 3.00. The number of hydrogen-bond donors (Lipinski definition) is 1. The molecule has 1 saturated carbocycles. The molecule has 5 nitrogen and oxygen atoms in total. The number of carbonyl (C=O) groups excluding carboxylic acids is 1. The average molecular weight is 420 g/mol. The van der Waals surface area contributed by atoms with Gasteiger partial charge < -0.3 is 10.1 Å². The van der Waals surface area contributed by atoms with Gasteiger partial charge in [-0.2, -0.15) is 0 Å². The van der Waals surface area contributed by atoms with Gasteiger partial charge in [-0.25, -0.2) is 8.42 Å². The minimum absolute atomic E-state index is 0.00339. The first kappa shape index (κ1) is 19.4. The van der Waals surface area contributed by atoms with Gasteiger partial charge in [0.15, 0.2) is 9.84 Å². The average Bonchev–Trinajstić information content (AvgIpc) is 3.34. The third-order valence-electron chi connectivity index (χ3n) is 5.46. The van der Waals surface area contributed by atoms with E-state index in [9.17, 15) is 13.2 Å². The van der Waals surface area contributed by atoms with Crippen LogP contribution in [0.5, 0.6) is 0 Å². The molecule has 2 fully saturated rings. The van der Waals surface area contributed by atoms with Gasteiger partial charge in [0.2, 0.25) is 5.91 Å². The maximum absolute atomic E-state index is 12.8. The zero-order valence-electron chi connectivity index (χ0n) is 15.4. The number of nitrogens with one attached hydrogen (secondary N) is 1. The number of sulfone groups is 1. The van der Waals surface area contributed by atoms with E-state index >= 15 is 0 Å². The van der Waals surface area contributed by atoms with Crippen molar-refractivity contribution >= 4 is 33.0 Å². The second-order valence-corrected chi connectivity index (χ2v) is 9.96. The van der Waals surface area contributed by atoms with Gasteiger partial charge in [-0.15, -0.1) is 0 Å². The number of hydrogen-bond acceptors (Lipinski definition) is 4. The van der Waals surface area contributed by atoms with E-state index in [0.29, 0.717) is 17.3 Å². The number of amides is 1. The van der Waals surface area contributed by atoms with Gasteiger partial charge in [0.05, 0.1) is 22.2 Å². The van der Waals surface area contributed by atoms with E-state index in [4.69, 9.17) is 16.3 Å². The van der Waals surface area contributed by atoms with Crippen LogP contribution in [-0.4, -0.2) is 32.8 Å². The zero-order valence-corrected chi connectivity index (χ0v) is 16.9. The van der Waals surface area contributed by atoms with Crippen LogP contribution < -0.4 is 5.32 Å². The van der Waals surface area contributed by atoms with Crippen LogP contribution >= 0.6 is 11.6 Å². The van der Waals surface area contributed by atoms with E-state index < -0.39 is 15.3 Å². The van der Waals surface area contributed by atoms with Gasteiger partial charge in [0, 0.05) is 17.3 Å². The maximum atomic E-state index is 12.8. The Balaban J connectivity index is 1.45. The molecule has 1 atom stereocenters. The molecule has 148 valence electrons. The van der Waals surface area contributed by atoms with Crippen LogP contribution in [0.3, 0.4) is 0 Å². The Hall–Kier alpha value is -1.89. The molecule has 0 aromatic heterocycles. The summed E-state index contributed by atoms with van der Waals surface area (Å²) >= 11 is 6.07. The summed E-state index contributed by atoms with van der Waals surface area (Å²) in [5, 5.41) is 3.52. The smallest absolute Gasteiger partial charge is 0.235 e. The van der Waals surface area contributed by atoms with Crippen molar-refractivity contribution in [1.29, 1.82) is 0 Å². The lowest BCUT2D eigenvalue weighted by molar-refractivity contribution is -0.118. The number of carbonyl (C=O) groups is 1. The second kappa shape index (κ2) is 7.50. The van der Waals surface area contributed by atoms with Crippen molar-refractivity contribution in [3.63, 3.8) is 0 Å². The first-order chi connectivity index (χ1) is 13.4. The Labute approximate surface area is 170 Å². The van der Waals surface area contributed by atoms with Gasteiger partial charge in [-0.1, -0.05) is 23.7 Å². The lowest BCUT2D eigenvalue weighted by Gasteiger charge is -2.16. The first-order valence-corrected chi connectivity index (χ1v) is 11.4. The standard InChI is InChI=1S/C21H22ClNO4S/c22-16-4-1-3-15(13-16)21(10-11-21)20(24)23-17-6-8-19(9-7-17)28(25,26)14-18-5-2-12-27-18/h1,3-4,6-9,13,18H,2,5,10-12,14H2,(H,23,24). The van der Waals surface area contributed by atoms with Crippen LogP contribution in [-0.2, 0) is 24.8 Å². The molecule has 28 heavy (non-hydrogen) atoms. The fourth-order valence-electron chi connectivity index (χ4n) is 3.67. The molecule has 0 bridgehead atoms. The van der Waals surface area contributed by atoms with Gasteiger partial charge in [0.1, 0.15) is 0 Å². The van der Waals surface area contributed by atoms with E-state index in [1.807, 2.05) is 18.2 Å². The van der Waals surface area contributed by atoms with Crippen LogP contribution in [0.4, 0.5) is 5.69 Å². The molecule has 2 aromatic carbocycles. The van der Waals surface area contributed by atoms with Crippen molar-refractivity contribution in [2.24, 2.45) is 0 Å². The molecule has 7 heteroatoms. The van der Waals surface area contributed by atoms with Crippen molar-refractivity contribution in [1.82, 2.24) is 0 Å². The Morgan fingerprint density at radius 2 is 1.93 bits per heavy atom. The molecule has 0 spiro atoms. The molecular formula is C21H22ClNO4S. The Morgan fingerprint density at radius 1 is 1.18 bits per heavy atom. The summed E-state index contributed by atoms with van der Waals surface area (Å²) in [5.41, 5.74) is 0.942. The quantitative estimate of drug-likeness (QED) is 0.769. The highest BCUT2D eigenvalue weighted by Gasteiger charge is 2.51. The SMILES string of the molecule is O=C(Nc1ccc(S(=O)(=O)CC2CCCO2)cc1)C1(c2cccc(Cl)c2)CC1. The molecule has 1 heterocycles. The summed E-state index contributed by atoms with van der Waals surface area (Å²) in [7, 11) is -3.41. The fourth-order valence-corrected chi connectivity index (χ4v) is 5.36. The minimum Gasteiger partial charge on any atom is -0.377 e. The predicted molar refractivity (Wildman–Crippen MR) is 108 cm³/mol. The third-order valence-corrected chi connectivity index (χ3v) is 7.50. The topological polar surface area (TPSA) is 72.5 Å². The predicted octanol–water partition coefficient (Wildman–Crippen LogP) is 3.96. The zero-order chi connectivity index (χ0) is 19.8. The molecule has 1 amide bonds. The highest BCUT2D eigenvalue weighted by Crippen LogP contribution is 2.49. The Bertz CT molecular complexity index is 978. The van der Waals surface area contributed by atoms with Gasteiger partial charge in [0.25, 0.3) is 0 Å². The summed E-state index contributed by atoms with van der Waals surface area (Å²) in [6, 6.07) is 13.7. The molecule has 1 aliphatic carbocycles. The van der Waals surface area contributed by atoms with E-state index in [1.54, 1.807) is 30.3 Å². The van der Waals surface area contributed by atoms with E-state index in [2.05, 4.69) is 5.32 Å². The van der Waals surface area contributed by atoms with E-state index in [0.717, 1.165) is 31.2 Å². The molecule has 0 radical (unpaired) electrons. The van der Waals surface area contributed by atoms with Crippen molar-refractivity contribution in [2.75, 3.05) is 17.7 Å². The van der Waals surface area contributed by atoms with Gasteiger partial charge >= 0.3 is 0 Å². The van der Waals surface area contributed by atoms with Crippen molar-refractivity contribution < 1.29 is 17.9 Å². The fraction of sp³-hybridized carbons (Fsp3) is 0.381. The largest absolute Gasteiger partial charge is 0.377 e. The number of anilines is 1. The lowest BCUT2D eigenvalue weighted by atomic mass is 9.95. The monoisotopic (exact) mass is 419 g/mol. The van der Waals surface area contributed by atoms with Crippen LogP contribution in [0.1, 0.15) is 31.2 Å². The Morgan fingerprint density at radius 3 is 2.54 bits per heavy atom. The third kappa shape index (κ3) is 3.95. The lowest BCUT2D eigenvalue weighted by Crippen LogP contribution is -2.27. The molecule has 2 aromatic rings. The van der Waals surface area contributed by atoms with Crippen LogP contribution in [0.25, 0.3) is 0 Å². The van der Waals surface area contributed by atoms with E-state index in [1.165, 1.54) is 0 Å². The Kier molecular flexibility index (Phi) is 5.21. The molecule has 4 rings (SSSR count). The first-order valence-electron chi connectivity index (χ1n) is 9.41. The highest BCUT2D eigenvalue weighted by atomic mass is 35.5. The van der Waals surface area contributed by atoms with Crippen molar-refractivity contribution in [2.45, 2.75) is 42.1 Å². The van der Waals surface area contributed by atoms with Gasteiger partial charge in [-0.3, -0.25) is 4.79 Å². The molecule has 1 N–H and O–H groups in total. The van der Waals surface area contributed by atoms with Crippen LogP contribution in [0.15, 0.2) is 53.4 Å². The van der Waals surface area contributed by atoms with Crippen molar-refractivity contribution in [3.05, 3.63) is 59.1 Å². The molecule has 1 aliphatic heterocycles. The molecule has 1 unspecified atom stereocenters. The summed E-state index contributed by atoms with van der Waals surface area (Å²) in [5.74, 6) is -0.0962. The number of ether oxygens (including phenoxy) is 1. The number of benzene rings is 2. The van der Waals surface area contributed by atoms with Crippen molar-refractivity contribution in [3.8, 4) is 0 Å². The molecule has 2 aliphatic rings. The van der Waals surface area contributed by atoms with Gasteiger partial charge in [-0.05, 0) is 67.6 Å². The maximum Gasteiger partial charge on any atom is 0.235 e. The second-order valence-electron chi connectivity index (χ2n) is 7.49. The van der Waals surface area contributed by atoms with Crippen LogP contribution in [0.2, 0.25) is 5.02 Å². The summed E-state index contributed by atoms with van der Waals surface area (Å²) in [6.45, 7) is 0.625. The summed E-state index contributed by atoms with van der Waals surface area (Å²) < 4.78 is 30.5. The number of rotatable bonds is 6. The number of halogens is 1. The van der Waals surface area contributed by atoms with E-state index in [-0.39, 0.29) is 22.7 Å². The molecular weight excluding hydrogens is 398 g/mol. The highest BCUT2D eigenvalue weighted by molar-refractivity contribution is 7.91. The summed E-state index contributed by atoms with van der Waals surface area (Å²) in [4.78, 5) is 13.1. The normalized spacial score (nSPS) is 20.7. The minimum atomic E-state index is -3.41. The molecule has 1 saturated heterocycles.